The number of esters is 1. The molecule has 3 unspecified atom stereocenters. The van der Waals surface area contributed by atoms with Crippen molar-refractivity contribution in [3.05, 3.63) is 72.9 Å². The van der Waals surface area contributed by atoms with Gasteiger partial charge in [-0.2, -0.15) is 0 Å². The van der Waals surface area contributed by atoms with Crippen LogP contribution in [0.1, 0.15) is 348 Å². The normalized spacial score (nSPS) is 13.9. The number of likely N-dealkylation sites (N-methyl/N-ethyl adjacent to an activating group) is 1. The van der Waals surface area contributed by atoms with Crippen molar-refractivity contribution in [1.82, 2.24) is 5.32 Å². The molecule has 0 spiro atoms. The third-order valence-electron chi connectivity index (χ3n) is 16.4. The number of nitrogens with zero attached hydrogens (tertiary/aromatic N) is 1. The SMILES string of the molecule is CCCCC/C=C\C/C=C\C/C=C\C/C=C\CCCCCCCCCCCC(=O)OC(/C=C/CCCCCCCCCCCC)C(COP(=O)([O-])OCC[N+](C)(C)C)NC(=O)CCCCCCCCCCCCCCC/C=C/CCCCCCCC. The van der Waals surface area contributed by atoms with Crippen LogP contribution in [0.4, 0.5) is 0 Å². The van der Waals surface area contributed by atoms with Crippen molar-refractivity contribution in [1.29, 1.82) is 0 Å². The van der Waals surface area contributed by atoms with Gasteiger partial charge in [-0.25, -0.2) is 0 Å². The highest BCUT2D eigenvalue weighted by Gasteiger charge is 2.27. The summed E-state index contributed by atoms with van der Waals surface area (Å²) in [4.78, 5) is 40.2. The minimum Gasteiger partial charge on any atom is -0.756 e. The Bertz CT molecular complexity index is 1700. The van der Waals surface area contributed by atoms with E-state index in [1.807, 2.05) is 33.3 Å². The van der Waals surface area contributed by atoms with Crippen LogP contribution in [0.15, 0.2) is 72.9 Å². The minimum absolute atomic E-state index is 0.0241. The number of carbonyl (C=O) groups excluding carboxylic acids is 2. The fourth-order valence-electron chi connectivity index (χ4n) is 10.7. The van der Waals surface area contributed by atoms with E-state index in [1.54, 1.807) is 0 Å². The molecule has 0 saturated carbocycles. The lowest BCUT2D eigenvalue weighted by molar-refractivity contribution is -0.870. The summed E-state index contributed by atoms with van der Waals surface area (Å²) in [6.45, 7) is 6.85. The van der Waals surface area contributed by atoms with Gasteiger partial charge in [0.1, 0.15) is 19.3 Å². The van der Waals surface area contributed by atoms with Crippen molar-refractivity contribution in [2.75, 3.05) is 40.9 Å². The first-order valence-electron chi connectivity index (χ1n) is 36.7. The molecule has 0 aliphatic rings. The first-order chi connectivity index (χ1) is 41.9. The van der Waals surface area contributed by atoms with Crippen LogP contribution in [-0.2, 0) is 27.9 Å². The maximum Gasteiger partial charge on any atom is 0.306 e. The molecule has 0 bridgehead atoms. The summed E-state index contributed by atoms with van der Waals surface area (Å²) < 4.78 is 30.5. The van der Waals surface area contributed by atoms with Gasteiger partial charge in [-0.1, -0.05) is 306 Å². The van der Waals surface area contributed by atoms with Crippen LogP contribution in [0.5, 0.6) is 0 Å². The summed E-state index contributed by atoms with van der Waals surface area (Å²) in [6, 6.07) is -0.894. The van der Waals surface area contributed by atoms with Crippen LogP contribution >= 0.6 is 7.82 Å². The van der Waals surface area contributed by atoms with Crippen molar-refractivity contribution in [3.63, 3.8) is 0 Å². The first-order valence-corrected chi connectivity index (χ1v) is 38.2. The summed E-state index contributed by atoms with van der Waals surface area (Å²) in [7, 11) is 1.19. The van der Waals surface area contributed by atoms with E-state index in [9.17, 15) is 19.0 Å². The van der Waals surface area contributed by atoms with E-state index >= 15 is 0 Å². The Hall–Kier alpha value is -2.55. The third-order valence-corrected chi connectivity index (χ3v) is 17.3. The molecular formula is C76H141N2O7P. The number of rotatable bonds is 67. The standard InChI is InChI=1S/C76H141N2O7P/c1-7-10-13-16-19-22-25-28-30-32-34-36-38-39-41-43-45-47-49-51-54-57-60-63-66-69-76(80)85-74(67-64-61-58-55-52-27-24-21-18-15-12-9-3)73(72-84-86(81,82)83-71-70-78(4,5)6)77-75(79)68-65-62-59-56-53-50-48-46-44-42-40-37-35-33-31-29-26-23-20-17-14-11-8-2/h19,22,28-31,34,36,39,41,64,67,73-74H,7-18,20-21,23-27,32-33,35,37-38,40,42-63,65-66,68-72H2,1-6H3,(H-,77,79,81,82)/b22-19-,30-28-,31-29+,36-34-,41-39-,67-64+. The fraction of sp³-hybridized carbons (Fsp3) is 0.816. The van der Waals surface area contributed by atoms with Gasteiger partial charge in [-0.05, 0) is 102 Å². The molecule has 0 aliphatic heterocycles. The van der Waals surface area contributed by atoms with Gasteiger partial charge in [-0.3, -0.25) is 14.2 Å². The molecule has 10 heteroatoms. The predicted molar refractivity (Wildman–Crippen MR) is 372 cm³/mol. The lowest BCUT2D eigenvalue weighted by atomic mass is 10.0. The molecule has 9 nitrogen and oxygen atoms in total. The van der Waals surface area contributed by atoms with Crippen molar-refractivity contribution in [2.45, 2.75) is 360 Å². The molecule has 0 aromatic carbocycles. The molecule has 0 aromatic heterocycles. The summed E-state index contributed by atoms with van der Waals surface area (Å²) in [5, 5.41) is 3.05. The number of allylic oxidation sites excluding steroid dienone is 11. The molecule has 3 atom stereocenters. The molecule has 1 amide bonds. The highest BCUT2D eigenvalue weighted by molar-refractivity contribution is 7.45. The maximum atomic E-state index is 13.6. The van der Waals surface area contributed by atoms with Crippen molar-refractivity contribution in [3.8, 4) is 0 Å². The number of phosphoric ester groups is 1. The molecule has 0 radical (unpaired) electrons. The minimum atomic E-state index is -4.71. The molecule has 0 saturated heterocycles. The van der Waals surface area contributed by atoms with E-state index in [0.717, 1.165) is 89.9 Å². The summed E-state index contributed by atoms with van der Waals surface area (Å²) >= 11 is 0. The number of nitrogens with one attached hydrogen (secondary N) is 1. The Morgan fingerprint density at radius 1 is 0.407 bits per heavy atom. The monoisotopic (exact) mass is 1230 g/mol. The zero-order valence-corrected chi connectivity index (χ0v) is 58.4. The summed E-state index contributed by atoms with van der Waals surface area (Å²) in [5.41, 5.74) is 0. The van der Waals surface area contributed by atoms with Gasteiger partial charge in [-0.15, -0.1) is 0 Å². The van der Waals surface area contributed by atoms with Crippen LogP contribution in [-0.4, -0.2) is 69.4 Å². The second-order valence-electron chi connectivity index (χ2n) is 26.1. The van der Waals surface area contributed by atoms with E-state index in [2.05, 4.69) is 86.8 Å². The van der Waals surface area contributed by atoms with E-state index in [0.29, 0.717) is 17.4 Å². The zero-order valence-electron chi connectivity index (χ0n) is 57.5. The molecule has 1 N–H and O–H groups in total. The Morgan fingerprint density at radius 2 is 0.709 bits per heavy atom. The lowest BCUT2D eigenvalue weighted by Gasteiger charge is -2.30. The number of carbonyl (C=O) groups is 2. The molecular weight excluding hydrogens is 1080 g/mol. The fourth-order valence-corrected chi connectivity index (χ4v) is 11.4. The average Bonchev–Trinajstić information content (AvgIpc) is 3.65. The van der Waals surface area contributed by atoms with Crippen LogP contribution in [0.25, 0.3) is 0 Å². The molecule has 0 aliphatic carbocycles. The van der Waals surface area contributed by atoms with Gasteiger partial charge < -0.3 is 28.5 Å². The number of hydrogen-bond donors (Lipinski definition) is 1. The second-order valence-corrected chi connectivity index (χ2v) is 27.5. The molecule has 86 heavy (non-hydrogen) atoms. The van der Waals surface area contributed by atoms with Gasteiger partial charge in [0.25, 0.3) is 7.82 Å². The molecule has 0 heterocycles. The number of ether oxygens (including phenoxy) is 1. The second kappa shape index (κ2) is 65.4. The zero-order chi connectivity index (χ0) is 62.8. The van der Waals surface area contributed by atoms with E-state index in [4.69, 9.17) is 13.8 Å². The largest absolute Gasteiger partial charge is 0.756 e. The summed E-state index contributed by atoms with van der Waals surface area (Å²) in [6.07, 6.45) is 85.9. The van der Waals surface area contributed by atoms with E-state index < -0.39 is 20.0 Å². The number of hydrogen-bond acceptors (Lipinski definition) is 7. The van der Waals surface area contributed by atoms with Crippen LogP contribution < -0.4 is 10.2 Å². The topological polar surface area (TPSA) is 114 Å². The quantitative estimate of drug-likeness (QED) is 0.0212. The van der Waals surface area contributed by atoms with Gasteiger partial charge in [0, 0.05) is 12.8 Å². The van der Waals surface area contributed by atoms with Crippen LogP contribution in [0.2, 0.25) is 0 Å². The molecule has 0 aromatic rings. The Kier molecular flexibility index (Phi) is 63.5. The Balaban J connectivity index is 5.05. The van der Waals surface area contributed by atoms with Gasteiger partial charge in [0.15, 0.2) is 0 Å². The van der Waals surface area contributed by atoms with Crippen molar-refractivity contribution >= 4 is 19.7 Å². The van der Waals surface area contributed by atoms with Gasteiger partial charge in [0.05, 0.1) is 33.8 Å². The highest BCUT2D eigenvalue weighted by Crippen LogP contribution is 2.38. The number of quaternary nitrogens is 1. The first kappa shape index (κ1) is 83.5. The number of amides is 1. The Labute approximate surface area is 533 Å². The van der Waals surface area contributed by atoms with Gasteiger partial charge in [0.2, 0.25) is 5.91 Å². The lowest BCUT2D eigenvalue weighted by Crippen LogP contribution is -2.47. The Morgan fingerprint density at radius 3 is 1.09 bits per heavy atom. The average molecular weight is 1230 g/mol. The maximum absolute atomic E-state index is 13.6. The highest BCUT2D eigenvalue weighted by atomic mass is 31.2. The predicted octanol–water partition coefficient (Wildman–Crippen LogP) is 22.9. The van der Waals surface area contributed by atoms with Crippen molar-refractivity contribution in [2.24, 2.45) is 0 Å². The van der Waals surface area contributed by atoms with Crippen molar-refractivity contribution < 1.29 is 37.3 Å². The molecule has 502 valence electrons. The number of phosphoric acid groups is 1. The molecule has 0 fully saturated rings. The van der Waals surface area contributed by atoms with E-state index in [1.165, 1.54) is 225 Å². The van der Waals surface area contributed by atoms with Gasteiger partial charge >= 0.3 is 5.97 Å². The van der Waals surface area contributed by atoms with E-state index in [-0.39, 0.29) is 31.5 Å². The molecule has 0 rings (SSSR count). The van der Waals surface area contributed by atoms with Crippen LogP contribution in [0.3, 0.4) is 0 Å². The smallest absolute Gasteiger partial charge is 0.306 e. The number of unbranched alkanes of at least 4 members (excludes halogenated alkanes) is 41. The third kappa shape index (κ3) is 65.9. The van der Waals surface area contributed by atoms with Crippen LogP contribution in [0, 0.1) is 0 Å². The summed E-state index contributed by atoms with van der Waals surface area (Å²) in [5.74, 6) is -0.537.